The SMILES string of the molecule is C#Cc1ccc([C@@H](N)C(F)(F)F)cc1. The van der Waals surface area contributed by atoms with E-state index in [9.17, 15) is 13.2 Å². The molecule has 1 nitrogen and oxygen atoms in total. The highest BCUT2D eigenvalue weighted by Crippen LogP contribution is 2.30. The molecule has 0 radical (unpaired) electrons. The average molecular weight is 199 g/mol. The highest BCUT2D eigenvalue weighted by atomic mass is 19.4. The summed E-state index contributed by atoms with van der Waals surface area (Å²) in [5.74, 6) is 2.31. The maximum absolute atomic E-state index is 12.2. The minimum absolute atomic E-state index is 0.0106. The summed E-state index contributed by atoms with van der Waals surface area (Å²) >= 11 is 0. The number of alkyl halides is 3. The van der Waals surface area contributed by atoms with Crippen molar-refractivity contribution in [2.24, 2.45) is 5.73 Å². The van der Waals surface area contributed by atoms with Gasteiger partial charge in [-0.3, -0.25) is 0 Å². The first-order chi connectivity index (χ1) is 6.45. The van der Waals surface area contributed by atoms with Gasteiger partial charge in [0.05, 0.1) is 0 Å². The van der Waals surface area contributed by atoms with Crippen molar-refractivity contribution in [2.45, 2.75) is 12.2 Å². The van der Waals surface area contributed by atoms with E-state index >= 15 is 0 Å². The van der Waals surface area contributed by atoms with E-state index in [1.54, 1.807) is 0 Å². The molecule has 0 amide bonds. The number of halogens is 3. The zero-order chi connectivity index (χ0) is 10.8. The Kier molecular flexibility index (Phi) is 2.82. The normalized spacial score (nSPS) is 13.4. The van der Waals surface area contributed by atoms with Crippen LogP contribution in [0.4, 0.5) is 13.2 Å². The average Bonchev–Trinajstić information content (AvgIpc) is 2.15. The topological polar surface area (TPSA) is 26.0 Å². The van der Waals surface area contributed by atoms with Crippen LogP contribution in [0.15, 0.2) is 24.3 Å². The molecule has 0 unspecified atom stereocenters. The maximum Gasteiger partial charge on any atom is 0.407 e. The van der Waals surface area contributed by atoms with Gasteiger partial charge < -0.3 is 5.73 Å². The molecule has 0 saturated carbocycles. The van der Waals surface area contributed by atoms with Crippen molar-refractivity contribution < 1.29 is 13.2 Å². The van der Waals surface area contributed by atoms with E-state index in [-0.39, 0.29) is 5.56 Å². The molecule has 0 saturated heterocycles. The van der Waals surface area contributed by atoms with Gasteiger partial charge in [0.1, 0.15) is 6.04 Å². The van der Waals surface area contributed by atoms with Crippen molar-refractivity contribution >= 4 is 0 Å². The quantitative estimate of drug-likeness (QED) is 0.689. The first kappa shape index (κ1) is 10.6. The van der Waals surface area contributed by atoms with Crippen LogP contribution in [-0.2, 0) is 0 Å². The second kappa shape index (κ2) is 3.72. The van der Waals surface area contributed by atoms with E-state index in [0.717, 1.165) is 0 Å². The molecule has 0 aliphatic rings. The van der Waals surface area contributed by atoms with Gasteiger partial charge >= 0.3 is 6.18 Å². The lowest BCUT2D eigenvalue weighted by molar-refractivity contribution is -0.149. The zero-order valence-corrected chi connectivity index (χ0v) is 7.18. The van der Waals surface area contributed by atoms with Gasteiger partial charge in [-0.15, -0.1) is 6.42 Å². The van der Waals surface area contributed by atoms with Crippen LogP contribution in [0, 0.1) is 12.3 Å². The first-order valence-corrected chi connectivity index (χ1v) is 3.84. The minimum Gasteiger partial charge on any atom is -0.316 e. The number of rotatable bonds is 1. The van der Waals surface area contributed by atoms with Crippen molar-refractivity contribution in [3.05, 3.63) is 35.4 Å². The molecule has 1 aromatic rings. The number of hydrogen-bond donors (Lipinski definition) is 1. The second-order valence-corrected chi connectivity index (χ2v) is 2.79. The van der Waals surface area contributed by atoms with Crippen LogP contribution in [0.25, 0.3) is 0 Å². The number of terminal acetylenes is 1. The molecule has 0 aliphatic heterocycles. The smallest absolute Gasteiger partial charge is 0.316 e. The van der Waals surface area contributed by atoms with Gasteiger partial charge in [0, 0.05) is 5.56 Å². The van der Waals surface area contributed by atoms with Crippen LogP contribution in [0.5, 0.6) is 0 Å². The Morgan fingerprint density at radius 2 is 1.71 bits per heavy atom. The fraction of sp³-hybridized carbons (Fsp3) is 0.200. The lowest BCUT2D eigenvalue weighted by Crippen LogP contribution is -2.28. The minimum atomic E-state index is -4.42. The molecule has 0 spiro atoms. The predicted molar refractivity (Wildman–Crippen MR) is 47.4 cm³/mol. The summed E-state index contributed by atoms with van der Waals surface area (Å²) in [5, 5.41) is 0. The Hall–Kier alpha value is -1.47. The largest absolute Gasteiger partial charge is 0.407 e. The van der Waals surface area contributed by atoms with E-state index in [1.165, 1.54) is 24.3 Å². The van der Waals surface area contributed by atoms with E-state index in [0.29, 0.717) is 5.56 Å². The lowest BCUT2D eigenvalue weighted by Gasteiger charge is -2.15. The second-order valence-electron chi connectivity index (χ2n) is 2.79. The van der Waals surface area contributed by atoms with Gasteiger partial charge in [0.25, 0.3) is 0 Å². The Morgan fingerprint density at radius 3 is 2.07 bits per heavy atom. The molecule has 0 heterocycles. The number of nitrogens with two attached hydrogens (primary N) is 1. The fourth-order valence-electron chi connectivity index (χ4n) is 0.976. The Labute approximate surface area is 79.7 Å². The summed E-state index contributed by atoms with van der Waals surface area (Å²) in [6.07, 6.45) is 0.639. The molecule has 1 aromatic carbocycles. The van der Waals surface area contributed by atoms with Crippen molar-refractivity contribution in [2.75, 3.05) is 0 Å². The van der Waals surface area contributed by atoms with Gasteiger partial charge in [0.2, 0.25) is 0 Å². The van der Waals surface area contributed by atoms with Gasteiger partial charge in [-0.05, 0) is 17.7 Å². The van der Waals surface area contributed by atoms with E-state index < -0.39 is 12.2 Å². The molecule has 0 bridgehead atoms. The monoisotopic (exact) mass is 199 g/mol. The summed E-state index contributed by atoms with van der Waals surface area (Å²) in [7, 11) is 0. The summed E-state index contributed by atoms with van der Waals surface area (Å²) in [4.78, 5) is 0. The van der Waals surface area contributed by atoms with E-state index in [4.69, 9.17) is 12.2 Å². The van der Waals surface area contributed by atoms with Crippen molar-refractivity contribution in [1.29, 1.82) is 0 Å². The summed E-state index contributed by atoms with van der Waals surface area (Å²) in [6, 6.07) is 3.48. The Bertz CT molecular complexity index is 345. The molecule has 1 rings (SSSR count). The maximum atomic E-state index is 12.2. The Balaban J connectivity index is 2.94. The molecule has 74 valence electrons. The van der Waals surface area contributed by atoms with E-state index in [2.05, 4.69) is 5.92 Å². The van der Waals surface area contributed by atoms with Crippen LogP contribution in [0.3, 0.4) is 0 Å². The molecular formula is C10H8F3N. The lowest BCUT2D eigenvalue weighted by atomic mass is 10.1. The summed E-state index contributed by atoms with van der Waals surface area (Å²) in [5.41, 5.74) is 5.53. The van der Waals surface area contributed by atoms with E-state index in [1.807, 2.05) is 0 Å². The van der Waals surface area contributed by atoms with Gasteiger partial charge in [0.15, 0.2) is 0 Å². The molecule has 0 fully saturated rings. The fourth-order valence-corrected chi connectivity index (χ4v) is 0.976. The van der Waals surface area contributed by atoms with Crippen LogP contribution < -0.4 is 5.73 Å². The summed E-state index contributed by atoms with van der Waals surface area (Å²) in [6.45, 7) is 0. The van der Waals surface area contributed by atoms with Gasteiger partial charge in [-0.2, -0.15) is 13.2 Å². The zero-order valence-electron chi connectivity index (χ0n) is 7.18. The van der Waals surface area contributed by atoms with Gasteiger partial charge in [-0.1, -0.05) is 18.1 Å². The molecule has 0 aromatic heterocycles. The Morgan fingerprint density at radius 1 is 1.21 bits per heavy atom. The third-order valence-electron chi connectivity index (χ3n) is 1.79. The highest BCUT2D eigenvalue weighted by molar-refractivity contribution is 5.35. The number of hydrogen-bond acceptors (Lipinski definition) is 1. The van der Waals surface area contributed by atoms with Crippen LogP contribution in [0.2, 0.25) is 0 Å². The molecule has 4 heteroatoms. The molecule has 0 aliphatic carbocycles. The molecule has 2 N–H and O–H groups in total. The molecular weight excluding hydrogens is 191 g/mol. The highest BCUT2D eigenvalue weighted by Gasteiger charge is 2.37. The standard InChI is InChI=1S/C10H8F3N/c1-2-7-3-5-8(6-4-7)9(14)10(11,12)13/h1,3-6,9H,14H2/t9-/m1/s1. The van der Waals surface area contributed by atoms with Crippen LogP contribution in [0.1, 0.15) is 17.2 Å². The van der Waals surface area contributed by atoms with Crippen molar-refractivity contribution in [3.63, 3.8) is 0 Å². The first-order valence-electron chi connectivity index (χ1n) is 3.84. The van der Waals surface area contributed by atoms with Crippen molar-refractivity contribution in [1.82, 2.24) is 0 Å². The predicted octanol–water partition coefficient (Wildman–Crippen LogP) is 2.23. The van der Waals surface area contributed by atoms with Crippen LogP contribution in [-0.4, -0.2) is 6.18 Å². The van der Waals surface area contributed by atoms with Gasteiger partial charge in [-0.25, -0.2) is 0 Å². The third kappa shape index (κ3) is 2.27. The summed E-state index contributed by atoms with van der Waals surface area (Å²) < 4.78 is 36.5. The van der Waals surface area contributed by atoms with Crippen LogP contribution >= 0.6 is 0 Å². The number of benzene rings is 1. The molecule has 1 atom stereocenters. The third-order valence-corrected chi connectivity index (χ3v) is 1.79. The molecule has 14 heavy (non-hydrogen) atoms. The van der Waals surface area contributed by atoms with Crippen molar-refractivity contribution in [3.8, 4) is 12.3 Å².